The first-order valence-corrected chi connectivity index (χ1v) is 12.7. The van der Waals surface area contributed by atoms with Crippen LogP contribution in [0.3, 0.4) is 0 Å². The summed E-state index contributed by atoms with van der Waals surface area (Å²) in [6, 6.07) is 29.7. The van der Waals surface area contributed by atoms with Gasteiger partial charge in [-0.15, -0.1) is 0 Å². The molecule has 0 aromatic heterocycles. The maximum Gasteiger partial charge on any atom is 0.115 e. The summed E-state index contributed by atoms with van der Waals surface area (Å²) in [4.78, 5) is 0. The Morgan fingerprint density at radius 2 is 0.556 bits per heavy atom. The van der Waals surface area contributed by atoms with Gasteiger partial charge in [0.25, 0.3) is 0 Å². The van der Waals surface area contributed by atoms with Crippen LogP contribution in [0.25, 0.3) is 0 Å². The quantitative estimate of drug-likeness (QED) is 0.164. The lowest BCUT2D eigenvalue weighted by atomic mass is 9.85. The summed E-state index contributed by atoms with van der Waals surface area (Å²) < 4.78 is 0. The van der Waals surface area contributed by atoms with Crippen molar-refractivity contribution < 1.29 is 20.4 Å². The van der Waals surface area contributed by atoms with Crippen LogP contribution in [-0.4, -0.2) is 20.4 Å². The highest BCUT2D eigenvalue weighted by Gasteiger charge is 2.16. The molecule has 0 aliphatic rings. The first-order valence-electron chi connectivity index (χ1n) is 12.7. The molecule has 4 N–H and O–H groups in total. The zero-order valence-electron chi connectivity index (χ0n) is 20.4. The molecule has 0 radical (unpaired) electrons. The fourth-order valence-electron chi connectivity index (χ4n) is 4.93. The van der Waals surface area contributed by atoms with E-state index in [4.69, 9.17) is 0 Å². The Bertz CT molecular complexity index is 1010. The van der Waals surface area contributed by atoms with Gasteiger partial charge in [-0.05, 0) is 83.6 Å². The fourth-order valence-corrected chi connectivity index (χ4v) is 4.93. The van der Waals surface area contributed by atoms with Crippen molar-refractivity contribution in [3.05, 3.63) is 119 Å². The van der Waals surface area contributed by atoms with E-state index in [-0.39, 0.29) is 34.8 Å². The van der Waals surface area contributed by atoms with Crippen molar-refractivity contribution in [2.45, 2.75) is 50.4 Å². The van der Waals surface area contributed by atoms with Crippen LogP contribution in [0, 0.1) is 0 Å². The molecule has 4 aromatic rings. The number of hydrogen-bond donors (Lipinski definition) is 4. The zero-order valence-corrected chi connectivity index (χ0v) is 20.4. The van der Waals surface area contributed by atoms with Gasteiger partial charge < -0.3 is 20.4 Å². The van der Waals surface area contributed by atoms with E-state index in [9.17, 15) is 20.4 Å². The highest BCUT2D eigenvalue weighted by Crippen LogP contribution is 2.34. The Morgan fingerprint density at radius 1 is 0.333 bits per heavy atom. The first kappa shape index (κ1) is 25.2. The lowest BCUT2D eigenvalue weighted by Crippen LogP contribution is -2.02. The van der Waals surface area contributed by atoms with Crippen LogP contribution in [0.4, 0.5) is 0 Å². The summed E-state index contributed by atoms with van der Waals surface area (Å²) in [5.74, 6) is 1.49. The van der Waals surface area contributed by atoms with E-state index in [1.165, 1.54) is 22.3 Å². The Balaban J connectivity index is 1.35. The predicted octanol–water partition coefficient (Wildman–Crippen LogP) is 7.81. The van der Waals surface area contributed by atoms with E-state index >= 15 is 0 Å². The molecule has 0 spiro atoms. The van der Waals surface area contributed by atoms with Crippen molar-refractivity contribution in [1.82, 2.24) is 0 Å². The number of aromatic hydroxyl groups is 4. The van der Waals surface area contributed by atoms with Gasteiger partial charge in [-0.1, -0.05) is 74.2 Å². The van der Waals surface area contributed by atoms with Gasteiger partial charge in [0.1, 0.15) is 23.0 Å². The van der Waals surface area contributed by atoms with E-state index in [1.54, 1.807) is 48.5 Å². The molecule has 0 unspecified atom stereocenters. The molecule has 0 amide bonds. The molecule has 0 heterocycles. The summed E-state index contributed by atoms with van der Waals surface area (Å²) in [5, 5.41) is 38.8. The number of rotatable bonds is 11. The van der Waals surface area contributed by atoms with Gasteiger partial charge in [0.15, 0.2) is 0 Å². The molecule has 4 heteroatoms. The minimum atomic E-state index is 0.216. The van der Waals surface area contributed by atoms with Crippen LogP contribution in [0.1, 0.15) is 72.6 Å². The molecule has 36 heavy (non-hydrogen) atoms. The number of phenolic OH excluding ortho intramolecular Hbond substituents is 4. The largest absolute Gasteiger partial charge is 0.508 e. The third-order valence-electron chi connectivity index (χ3n) is 6.92. The second-order valence-electron chi connectivity index (χ2n) is 9.46. The average molecular weight is 483 g/mol. The third kappa shape index (κ3) is 6.82. The first-order chi connectivity index (χ1) is 17.5. The highest BCUT2D eigenvalue weighted by molar-refractivity contribution is 5.39. The molecule has 186 valence electrons. The second-order valence-corrected chi connectivity index (χ2v) is 9.46. The van der Waals surface area contributed by atoms with Crippen LogP contribution in [0.15, 0.2) is 97.1 Å². The predicted molar refractivity (Wildman–Crippen MR) is 144 cm³/mol. The Labute approximate surface area is 213 Å². The molecular formula is C32H34O4. The standard InChI is InChI=1S/C32H34O4/c33-27-15-7-23(8-16-27)31(24-9-17-28(34)18-10-24)5-3-1-2-4-6-32(25-11-19-29(35)20-12-25)26-13-21-30(36)22-14-26/h7-22,31-36H,1-6H2. The molecule has 0 aliphatic carbocycles. The lowest BCUT2D eigenvalue weighted by Gasteiger charge is -2.20. The molecule has 0 aliphatic heterocycles. The summed E-state index contributed by atoms with van der Waals surface area (Å²) >= 11 is 0. The maximum atomic E-state index is 9.70. The van der Waals surface area contributed by atoms with Crippen molar-refractivity contribution in [3.63, 3.8) is 0 Å². The van der Waals surface area contributed by atoms with Crippen molar-refractivity contribution in [2.24, 2.45) is 0 Å². The van der Waals surface area contributed by atoms with Crippen molar-refractivity contribution in [1.29, 1.82) is 0 Å². The minimum absolute atomic E-state index is 0.216. The van der Waals surface area contributed by atoms with Gasteiger partial charge in [-0.3, -0.25) is 0 Å². The SMILES string of the molecule is Oc1ccc(C(CCCCCCC(c2ccc(O)cc2)c2ccc(O)cc2)c2ccc(O)cc2)cc1. The van der Waals surface area contributed by atoms with Crippen LogP contribution in [-0.2, 0) is 0 Å². The molecule has 0 fully saturated rings. The van der Waals surface area contributed by atoms with Crippen molar-refractivity contribution in [3.8, 4) is 23.0 Å². The molecule has 4 rings (SSSR count). The van der Waals surface area contributed by atoms with Crippen molar-refractivity contribution >= 4 is 0 Å². The normalized spacial score (nSPS) is 11.3. The fraction of sp³-hybridized carbons (Fsp3) is 0.250. The van der Waals surface area contributed by atoms with Gasteiger partial charge in [0.05, 0.1) is 0 Å². The lowest BCUT2D eigenvalue weighted by molar-refractivity contribution is 0.473. The van der Waals surface area contributed by atoms with Gasteiger partial charge in [-0.2, -0.15) is 0 Å². The van der Waals surface area contributed by atoms with E-state index in [1.807, 2.05) is 48.5 Å². The molecule has 4 aromatic carbocycles. The smallest absolute Gasteiger partial charge is 0.115 e. The monoisotopic (exact) mass is 482 g/mol. The summed E-state index contributed by atoms with van der Waals surface area (Å²) in [6.07, 6.45) is 6.38. The van der Waals surface area contributed by atoms with E-state index in [0.717, 1.165) is 38.5 Å². The molecule has 0 saturated heterocycles. The Kier molecular flexibility index (Phi) is 8.51. The molecule has 0 saturated carbocycles. The third-order valence-corrected chi connectivity index (χ3v) is 6.92. The average Bonchev–Trinajstić information content (AvgIpc) is 2.89. The molecular weight excluding hydrogens is 448 g/mol. The van der Waals surface area contributed by atoms with Crippen molar-refractivity contribution in [2.75, 3.05) is 0 Å². The topological polar surface area (TPSA) is 80.9 Å². The zero-order chi connectivity index (χ0) is 25.3. The Hall–Kier alpha value is -3.92. The molecule has 0 bridgehead atoms. The van der Waals surface area contributed by atoms with E-state index in [2.05, 4.69) is 0 Å². The van der Waals surface area contributed by atoms with Gasteiger partial charge in [0, 0.05) is 11.8 Å². The van der Waals surface area contributed by atoms with Crippen LogP contribution in [0.2, 0.25) is 0 Å². The number of phenols is 4. The second kappa shape index (κ2) is 12.2. The highest BCUT2D eigenvalue weighted by atomic mass is 16.3. The van der Waals surface area contributed by atoms with Crippen LogP contribution in [0.5, 0.6) is 23.0 Å². The van der Waals surface area contributed by atoms with E-state index < -0.39 is 0 Å². The maximum absolute atomic E-state index is 9.70. The van der Waals surface area contributed by atoms with Gasteiger partial charge in [0.2, 0.25) is 0 Å². The minimum Gasteiger partial charge on any atom is -0.508 e. The molecule has 0 atom stereocenters. The number of hydrogen-bond acceptors (Lipinski definition) is 4. The van der Waals surface area contributed by atoms with Gasteiger partial charge in [-0.25, -0.2) is 0 Å². The van der Waals surface area contributed by atoms with Gasteiger partial charge >= 0.3 is 0 Å². The van der Waals surface area contributed by atoms with E-state index in [0.29, 0.717) is 0 Å². The van der Waals surface area contributed by atoms with Crippen LogP contribution >= 0.6 is 0 Å². The number of benzene rings is 4. The molecule has 4 nitrogen and oxygen atoms in total. The number of unbranched alkanes of at least 4 members (excludes halogenated alkanes) is 3. The summed E-state index contributed by atoms with van der Waals surface area (Å²) in [7, 11) is 0. The summed E-state index contributed by atoms with van der Waals surface area (Å²) in [6.45, 7) is 0. The Morgan fingerprint density at radius 3 is 0.778 bits per heavy atom. The van der Waals surface area contributed by atoms with Crippen LogP contribution < -0.4 is 0 Å². The summed E-state index contributed by atoms with van der Waals surface area (Å²) in [5.41, 5.74) is 4.66.